The summed E-state index contributed by atoms with van der Waals surface area (Å²) in [5.74, 6) is 0.200. The lowest BCUT2D eigenvalue weighted by Gasteiger charge is -2.35. The van der Waals surface area contributed by atoms with Crippen molar-refractivity contribution >= 4 is 29.4 Å². The van der Waals surface area contributed by atoms with Gasteiger partial charge in [0, 0.05) is 38.6 Å². The molecular formula is C18H20ClN5O2. The molecule has 8 heteroatoms. The Morgan fingerprint density at radius 1 is 1.08 bits per heavy atom. The van der Waals surface area contributed by atoms with E-state index in [2.05, 4.69) is 15.3 Å². The first-order valence-corrected chi connectivity index (χ1v) is 8.80. The second-order valence-corrected chi connectivity index (χ2v) is 6.44. The number of aromatic nitrogens is 2. The zero-order chi connectivity index (χ0) is 18.5. The molecule has 136 valence electrons. The fourth-order valence-corrected chi connectivity index (χ4v) is 3.06. The molecule has 2 aromatic rings. The van der Waals surface area contributed by atoms with Gasteiger partial charge in [0.15, 0.2) is 0 Å². The largest absolute Gasteiger partial charge is 0.340 e. The fourth-order valence-electron chi connectivity index (χ4n) is 2.84. The van der Waals surface area contributed by atoms with Crippen molar-refractivity contribution in [1.29, 1.82) is 0 Å². The molecule has 0 spiro atoms. The maximum Gasteiger partial charge on any atom is 0.253 e. The third-order valence-corrected chi connectivity index (χ3v) is 4.59. The molecule has 0 saturated carbocycles. The van der Waals surface area contributed by atoms with Gasteiger partial charge in [-0.1, -0.05) is 23.7 Å². The van der Waals surface area contributed by atoms with E-state index in [9.17, 15) is 9.59 Å². The number of anilines is 1. The van der Waals surface area contributed by atoms with Crippen LogP contribution in [-0.2, 0) is 4.79 Å². The summed E-state index contributed by atoms with van der Waals surface area (Å²) >= 11 is 6.03. The number of hydrogen-bond donors (Lipinski definition) is 1. The van der Waals surface area contributed by atoms with Crippen LogP contribution in [0.4, 0.5) is 5.95 Å². The second kappa shape index (κ2) is 8.14. The monoisotopic (exact) mass is 373 g/mol. The van der Waals surface area contributed by atoms with Gasteiger partial charge in [0.2, 0.25) is 11.9 Å². The topological polar surface area (TPSA) is 78.4 Å². The van der Waals surface area contributed by atoms with Crippen molar-refractivity contribution in [2.45, 2.75) is 13.0 Å². The highest BCUT2D eigenvalue weighted by Gasteiger charge is 2.27. The molecule has 1 atom stereocenters. The van der Waals surface area contributed by atoms with Gasteiger partial charge in [-0.3, -0.25) is 9.59 Å². The molecule has 3 rings (SSSR count). The van der Waals surface area contributed by atoms with Crippen molar-refractivity contribution in [2.75, 3.05) is 31.1 Å². The van der Waals surface area contributed by atoms with Crippen LogP contribution in [0.1, 0.15) is 17.3 Å². The smallest absolute Gasteiger partial charge is 0.253 e. The predicted octanol–water partition coefficient (Wildman–Crippen LogP) is 1.60. The maximum absolute atomic E-state index is 12.6. The minimum Gasteiger partial charge on any atom is -0.340 e. The molecule has 1 aliphatic heterocycles. The molecule has 0 bridgehead atoms. The summed E-state index contributed by atoms with van der Waals surface area (Å²) in [6.07, 6.45) is 3.40. The normalized spacial score (nSPS) is 15.5. The molecule has 1 aromatic carbocycles. The molecule has 7 nitrogen and oxygen atoms in total. The Kier molecular flexibility index (Phi) is 5.68. The highest BCUT2D eigenvalue weighted by Crippen LogP contribution is 2.15. The Hall–Kier alpha value is -2.67. The number of hydrogen-bond acceptors (Lipinski definition) is 5. The number of carbonyl (C=O) groups excluding carboxylic acids is 2. The van der Waals surface area contributed by atoms with E-state index >= 15 is 0 Å². The molecule has 1 fully saturated rings. The molecule has 1 aliphatic rings. The van der Waals surface area contributed by atoms with Gasteiger partial charge in [0.05, 0.1) is 10.6 Å². The average Bonchev–Trinajstić information content (AvgIpc) is 2.68. The van der Waals surface area contributed by atoms with Crippen molar-refractivity contribution in [1.82, 2.24) is 20.2 Å². The zero-order valence-electron chi connectivity index (χ0n) is 14.4. The fraction of sp³-hybridized carbons (Fsp3) is 0.333. The highest BCUT2D eigenvalue weighted by molar-refractivity contribution is 6.33. The summed E-state index contributed by atoms with van der Waals surface area (Å²) in [5, 5.41) is 3.09. The summed E-state index contributed by atoms with van der Waals surface area (Å²) in [6.45, 7) is 4.11. The van der Waals surface area contributed by atoms with E-state index in [-0.39, 0.29) is 11.8 Å². The van der Waals surface area contributed by atoms with E-state index in [0.717, 1.165) is 0 Å². The predicted molar refractivity (Wildman–Crippen MR) is 99.2 cm³/mol. The molecule has 1 saturated heterocycles. The van der Waals surface area contributed by atoms with Crippen LogP contribution >= 0.6 is 11.6 Å². The van der Waals surface area contributed by atoms with Gasteiger partial charge in [0.25, 0.3) is 5.91 Å². The summed E-state index contributed by atoms with van der Waals surface area (Å²) in [7, 11) is 0. The van der Waals surface area contributed by atoms with Crippen LogP contribution in [0.15, 0.2) is 42.7 Å². The van der Waals surface area contributed by atoms with Crippen LogP contribution in [0, 0.1) is 0 Å². The van der Waals surface area contributed by atoms with Gasteiger partial charge in [0.1, 0.15) is 6.04 Å². The third kappa shape index (κ3) is 4.11. The van der Waals surface area contributed by atoms with Crippen molar-refractivity contribution in [2.24, 2.45) is 0 Å². The van der Waals surface area contributed by atoms with Crippen LogP contribution in [0.5, 0.6) is 0 Å². The number of amides is 2. The minimum absolute atomic E-state index is 0.112. The molecular weight excluding hydrogens is 354 g/mol. The number of nitrogens with one attached hydrogen (secondary N) is 1. The van der Waals surface area contributed by atoms with Gasteiger partial charge in [-0.2, -0.15) is 0 Å². The summed E-state index contributed by atoms with van der Waals surface area (Å²) in [4.78, 5) is 37.2. The first kappa shape index (κ1) is 18.1. The summed E-state index contributed by atoms with van der Waals surface area (Å²) in [5.41, 5.74) is 0.361. The summed E-state index contributed by atoms with van der Waals surface area (Å²) < 4.78 is 0. The molecule has 0 aliphatic carbocycles. The molecule has 1 unspecified atom stereocenters. The van der Waals surface area contributed by atoms with Crippen LogP contribution < -0.4 is 10.2 Å². The molecule has 2 amide bonds. The quantitative estimate of drug-likeness (QED) is 0.880. The summed E-state index contributed by atoms with van der Waals surface area (Å²) in [6, 6.07) is 7.91. The Bertz CT molecular complexity index is 778. The Balaban J connectivity index is 1.55. The first-order valence-electron chi connectivity index (χ1n) is 8.42. The first-order chi connectivity index (χ1) is 12.6. The van der Waals surface area contributed by atoms with E-state index in [1.165, 1.54) is 0 Å². The van der Waals surface area contributed by atoms with Crippen LogP contribution in [-0.4, -0.2) is 58.9 Å². The Morgan fingerprint density at radius 2 is 1.73 bits per heavy atom. The number of piperazine rings is 1. The highest BCUT2D eigenvalue weighted by atomic mass is 35.5. The van der Waals surface area contributed by atoms with Gasteiger partial charge < -0.3 is 15.1 Å². The number of carbonyl (C=O) groups is 2. The van der Waals surface area contributed by atoms with E-state index in [0.29, 0.717) is 42.7 Å². The molecule has 1 aromatic heterocycles. The number of halogens is 1. The standard InChI is InChI=1S/C18H20ClN5O2/c1-13(22-16(25)14-5-2-3-6-15(14)19)17(26)23-9-11-24(12-10-23)18-20-7-4-8-21-18/h2-8,13H,9-12H2,1H3,(H,22,25). The number of benzene rings is 1. The van der Waals surface area contributed by atoms with Gasteiger partial charge in [-0.05, 0) is 25.1 Å². The number of nitrogens with zero attached hydrogens (tertiary/aromatic N) is 4. The number of rotatable bonds is 4. The lowest BCUT2D eigenvalue weighted by atomic mass is 10.2. The van der Waals surface area contributed by atoms with E-state index < -0.39 is 6.04 Å². The van der Waals surface area contributed by atoms with E-state index in [1.54, 1.807) is 54.5 Å². The van der Waals surface area contributed by atoms with Crippen LogP contribution in [0.2, 0.25) is 5.02 Å². The van der Waals surface area contributed by atoms with Crippen molar-refractivity contribution in [3.63, 3.8) is 0 Å². The van der Waals surface area contributed by atoms with Crippen molar-refractivity contribution in [3.8, 4) is 0 Å². The second-order valence-electron chi connectivity index (χ2n) is 6.04. The molecule has 26 heavy (non-hydrogen) atoms. The Morgan fingerprint density at radius 3 is 2.38 bits per heavy atom. The van der Waals surface area contributed by atoms with Gasteiger partial charge in [-0.25, -0.2) is 9.97 Å². The minimum atomic E-state index is -0.627. The Labute approximate surface area is 157 Å². The van der Waals surface area contributed by atoms with Gasteiger partial charge in [-0.15, -0.1) is 0 Å². The SMILES string of the molecule is CC(NC(=O)c1ccccc1Cl)C(=O)N1CCN(c2ncccn2)CC1. The average molecular weight is 374 g/mol. The zero-order valence-corrected chi connectivity index (χ0v) is 15.2. The van der Waals surface area contributed by atoms with Crippen LogP contribution in [0.25, 0.3) is 0 Å². The molecule has 0 radical (unpaired) electrons. The van der Waals surface area contributed by atoms with Crippen LogP contribution in [0.3, 0.4) is 0 Å². The van der Waals surface area contributed by atoms with E-state index in [4.69, 9.17) is 11.6 Å². The molecule has 2 heterocycles. The lowest BCUT2D eigenvalue weighted by molar-refractivity contribution is -0.133. The maximum atomic E-state index is 12.6. The van der Waals surface area contributed by atoms with Gasteiger partial charge >= 0.3 is 0 Å². The van der Waals surface area contributed by atoms with Crippen molar-refractivity contribution < 1.29 is 9.59 Å². The third-order valence-electron chi connectivity index (χ3n) is 4.26. The van der Waals surface area contributed by atoms with Crippen molar-refractivity contribution in [3.05, 3.63) is 53.3 Å². The lowest BCUT2D eigenvalue weighted by Crippen LogP contribution is -2.54. The molecule has 1 N–H and O–H groups in total. The van der Waals surface area contributed by atoms with E-state index in [1.807, 2.05) is 4.90 Å².